The van der Waals surface area contributed by atoms with Crippen molar-refractivity contribution < 1.29 is 0 Å². The molecule has 2 unspecified atom stereocenters. The lowest BCUT2D eigenvalue weighted by molar-refractivity contribution is 0.345. The highest BCUT2D eigenvalue weighted by atomic mass is 15.3. The minimum atomic E-state index is 0.845. The summed E-state index contributed by atoms with van der Waals surface area (Å²) in [6.45, 7) is 5.02. The highest BCUT2D eigenvalue weighted by molar-refractivity contribution is 4.90. The van der Waals surface area contributed by atoms with Crippen LogP contribution in [-0.4, -0.2) is 75.1 Å². The van der Waals surface area contributed by atoms with E-state index in [-0.39, 0.29) is 0 Å². The lowest BCUT2D eigenvalue weighted by Crippen LogP contribution is -2.22. The molecular weight excluding hydrogens is 162 g/mol. The van der Waals surface area contributed by atoms with E-state index < -0.39 is 0 Å². The van der Waals surface area contributed by atoms with E-state index in [9.17, 15) is 0 Å². The molecule has 13 heavy (non-hydrogen) atoms. The lowest BCUT2D eigenvalue weighted by Gasteiger charge is -2.11. The van der Waals surface area contributed by atoms with Crippen molar-refractivity contribution in [3.8, 4) is 0 Å². The zero-order chi connectivity index (χ0) is 9.84. The van der Waals surface area contributed by atoms with Crippen LogP contribution in [0, 0.1) is 0 Å². The van der Waals surface area contributed by atoms with E-state index in [1.54, 1.807) is 0 Å². The Morgan fingerprint density at radius 2 is 1.85 bits per heavy atom. The molecule has 0 amide bonds. The average Bonchev–Trinajstić information content (AvgIpc) is 2.65. The van der Waals surface area contributed by atoms with Crippen molar-refractivity contribution in [2.45, 2.75) is 12.5 Å². The van der Waals surface area contributed by atoms with Crippen molar-refractivity contribution in [1.82, 2.24) is 14.7 Å². The maximum Gasteiger partial charge on any atom is 0.0351 e. The molecule has 0 radical (unpaired) electrons. The molecule has 0 aromatic carbocycles. The number of likely N-dealkylation sites (N-methyl/N-ethyl adjacent to an activating group) is 1. The molecule has 1 heterocycles. The Hall–Kier alpha value is -0.120. The zero-order valence-corrected chi connectivity index (χ0v) is 9.45. The highest BCUT2D eigenvalue weighted by Gasteiger charge is 2.32. The van der Waals surface area contributed by atoms with Gasteiger partial charge < -0.3 is 9.80 Å². The topological polar surface area (TPSA) is 9.49 Å². The van der Waals surface area contributed by atoms with Crippen molar-refractivity contribution in [2.24, 2.45) is 0 Å². The van der Waals surface area contributed by atoms with Crippen molar-refractivity contribution in [3.63, 3.8) is 0 Å². The number of rotatable bonds is 6. The predicted octanol–water partition coefficient (Wildman–Crippen LogP) is 0.184. The van der Waals surface area contributed by atoms with Gasteiger partial charge in [0.25, 0.3) is 0 Å². The average molecular weight is 185 g/mol. The first-order valence-corrected chi connectivity index (χ1v) is 5.13. The van der Waals surface area contributed by atoms with Gasteiger partial charge in [0.05, 0.1) is 0 Å². The van der Waals surface area contributed by atoms with E-state index in [1.807, 2.05) is 0 Å². The van der Waals surface area contributed by atoms with Crippen LogP contribution in [0.1, 0.15) is 6.42 Å². The third kappa shape index (κ3) is 4.60. The second-order valence-corrected chi connectivity index (χ2v) is 4.57. The van der Waals surface area contributed by atoms with Gasteiger partial charge in [0.2, 0.25) is 0 Å². The van der Waals surface area contributed by atoms with Crippen LogP contribution < -0.4 is 0 Å². The zero-order valence-electron chi connectivity index (χ0n) is 9.45. The molecule has 0 spiro atoms. The fourth-order valence-corrected chi connectivity index (χ4v) is 1.68. The van der Waals surface area contributed by atoms with Gasteiger partial charge in [-0.2, -0.15) is 0 Å². The molecule has 0 saturated carbocycles. The first kappa shape index (κ1) is 11.0. The molecule has 3 heteroatoms. The van der Waals surface area contributed by atoms with Crippen molar-refractivity contribution in [2.75, 3.05) is 54.4 Å². The number of nitrogens with zero attached hydrogens (tertiary/aromatic N) is 3. The molecule has 0 aromatic heterocycles. The van der Waals surface area contributed by atoms with Gasteiger partial charge in [-0.3, -0.25) is 4.90 Å². The van der Waals surface area contributed by atoms with Gasteiger partial charge in [-0.15, -0.1) is 0 Å². The van der Waals surface area contributed by atoms with Crippen LogP contribution in [0.4, 0.5) is 0 Å². The van der Waals surface area contributed by atoms with Crippen LogP contribution in [0.25, 0.3) is 0 Å². The van der Waals surface area contributed by atoms with E-state index in [0.717, 1.165) is 6.04 Å². The summed E-state index contributed by atoms with van der Waals surface area (Å²) in [5, 5.41) is 0. The summed E-state index contributed by atoms with van der Waals surface area (Å²) in [6, 6.07) is 0.845. The smallest absolute Gasteiger partial charge is 0.0351 e. The minimum absolute atomic E-state index is 0.845. The molecule has 0 bridgehead atoms. The van der Waals surface area contributed by atoms with Crippen LogP contribution in [-0.2, 0) is 0 Å². The fourth-order valence-electron chi connectivity index (χ4n) is 1.68. The minimum Gasteiger partial charge on any atom is -0.309 e. The first-order valence-electron chi connectivity index (χ1n) is 5.13. The van der Waals surface area contributed by atoms with Crippen LogP contribution in [0.2, 0.25) is 0 Å². The molecule has 2 atom stereocenters. The number of hydrogen-bond donors (Lipinski definition) is 0. The van der Waals surface area contributed by atoms with Gasteiger partial charge in [0, 0.05) is 19.1 Å². The Bertz CT molecular complexity index is 145. The normalized spacial score (nSPS) is 27.2. The van der Waals surface area contributed by atoms with Gasteiger partial charge in [0.15, 0.2) is 0 Å². The molecule has 78 valence electrons. The molecule has 0 aromatic rings. The number of hydrogen-bond acceptors (Lipinski definition) is 3. The van der Waals surface area contributed by atoms with Gasteiger partial charge >= 0.3 is 0 Å². The molecule has 1 aliphatic heterocycles. The maximum atomic E-state index is 2.56. The molecule has 0 aliphatic carbocycles. The van der Waals surface area contributed by atoms with E-state index in [2.05, 4.69) is 42.9 Å². The van der Waals surface area contributed by atoms with E-state index in [1.165, 1.54) is 32.6 Å². The molecule has 1 saturated heterocycles. The van der Waals surface area contributed by atoms with Gasteiger partial charge in [-0.25, -0.2) is 0 Å². The van der Waals surface area contributed by atoms with Crippen LogP contribution in [0.5, 0.6) is 0 Å². The molecule has 1 aliphatic rings. The van der Waals surface area contributed by atoms with Crippen molar-refractivity contribution >= 4 is 0 Å². The summed E-state index contributed by atoms with van der Waals surface area (Å²) in [5.41, 5.74) is 0. The summed E-state index contributed by atoms with van der Waals surface area (Å²) in [5.74, 6) is 0. The van der Waals surface area contributed by atoms with Gasteiger partial charge in [-0.1, -0.05) is 0 Å². The summed E-state index contributed by atoms with van der Waals surface area (Å²) in [4.78, 5) is 7.09. The van der Waals surface area contributed by atoms with E-state index in [4.69, 9.17) is 0 Å². The summed E-state index contributed by atoms with van der Waals surface area (Å²) < 4.78 is 0. The van der Waals surface area contributed by atoms with Crippen LogP contribution >= 0.6 is 0 Å². The van der Waals surface area contributed by atoms with Crippen molar-refractivity contribution in [1.29, 1.82) is 0 Å². The van der Waals surface area contributed by atoms with E-state index in [0.29, 0.717) is 0 Å². The van der Waals surface area contributed by atoms with Gasteiger partial charge in [-0.05, 0) is 47.7 Å². The fraction of sp³-hybridized carbons (Fsp3) is 1.00. The summed E-state index contributed by atoms with van der Waals surface area (Å²) in [7, 11) is 8.58. The largest absolute Gasteiger partial charge is 0.309 e. The SMILES string of the molecule is CN(C)CCCN1CC1CN(C)C. The standard InChI is InChI=1S/C10H23N3/c1-11(2)6-5-7-13-9-10(13)8-12(3)4/h10H,5-9H2,1-4H3. The van der Waals surface area contributed by atoms with Gasteiger partial charge in [0.1, 0.15) is 0 Å². The quantitative estimate of drug-likeness (QED) is 0.547. The molecule has 0 N–H and O–H groups in total. The Balaban J connectivity index is 1.95. The third-order valence-corrected chi connectivity index (χ3v) is 2.45. The molecular formula is C10H23N3. The molecule has 1 fully saturated rings. The summed E-state index contributed by atoms with van der Waals surface area (Å²) in [6.07, 6.45) is 1.30. The molecule has 1 rings (SSSR count). The highest BCUT2D eigenvalue weighted by Crippen LogP contribution is 2.17. The predicted molar refractivity (Wildman–Crippen MR) is 57.1 cm³/mol. The Kier molecular flexibility index (Phi) is 4.16. The second kappa shape index (κ2) is 4.94. The lowest BCUT2D eigenvalue weighted by atomic mass is 10.4. The maximum absolute atomic E-state index is 2.56. The molecule has 3 nitrogen and oxygen atoms in total. The third-order valence-electron chi connectivity index (χ3n) is 2.45. The Morgan fingerprint density at radius 1 is 1.15 bits per heavy atom. The Morgan fingerprint density at radius 3 is 2.38 bits per heavy atom. The van der Waals surface area contributed by atoms with Crippen molar-refractivity contribution in [3.05, 3.63) is 0 Å². The summed E-state index contributed by atoms with van der Waals surface area (Å²) >= 11 is 0. The monoisotopic (exact) mass is 185 g/mol. The first-order chi connectivity index (χ1) is 6.09. The second-order valence-electron chi connectivity index (χ2n) is 4.57. The van der Waals surface area contributed by atoms with Crippen LogP contribution in [0.15, 0.2) is 0 Å². The van der Waals surface area contributed by atoms with E-state index >= 15 is 0 Å². The Labute approximate surface area is 82.3 Å². The van der Waals surface area contributed by atoms with Crippen LogP contribution in [0.3, 0.4) is 0 Å².